The van der Waals surface area contributed by atoms with Crippen molar-refractivity contribution < 1.29 is 22.3 Å². The molecular weight excluding hydrogens is 419 g/mol. The van der Waals surface area contributed by atoms with Crippen LogP contribution < -0.4 is 10.1 Å². The van der Waals surface area contributed by atoms with Crippen LogP contribution >= 0.6 is 36.4 Å². The van der Waals surface area contributed by atoms with Gasteiger partial charge >= 0.3 is 6.18 Å². The fraction of sp³-hybridized carbons (Fsp3) is 0.625. The predicted molar refractivity (Wildman–Crippen MR) is 99.5 cm³/mol. The first-order valence-electron chi connectivity index (χ1n) is 7.95. The maximum absolute atomic E-state index is 14.2. The van der Waals surface area contributed by atoms with Crippen LogP contribution in [0.4, 0.5) is 17.6 Å². The van der Waals surface area contributed by atoms with E-state index in [1.807, 2.05) is 4.90 Å². The SMILES string of the molecule is CCOc1c(F)cc([C@@H](CCC(F)(F)F)N2CCNCC2)cc1Cl.Cl.Cl. The summed E-state index contributed by atoms with van der Waals surface area (Å²) >= 11 is 6.07. The van der Waals surface area contributed by atoms with Crippen molar-refractivity contribution in [3.05, 3.63) is 28.5 Å². The molecule has 0 radical (unpaired) electrons. The third-order valence-corrected chi connectivity index (χ3v) is 4.27. The van der Waals surface area contributed by atoms with Crippen LogP contribution in [0.25, 0.3) is 0 Å². The molecule has 1 aromatic carbocycles. The Kier molecular flexibility index (Phi) is 11.2. The van der Waals surface area contributed by atoms with Gasteiger partial charge in [0, 0.05) is 38.6 Å². The molecule has 0 bridgehead atoms. The van der Waals surface area contributed by atoms with Gasteiger partial charge in [-0.15, -0.1) is 24.8 Å². The summed E-state index contributed by atoms with van der Waals surface area (Å²) < 4.78 is 57.4. The van der Waals surface area contributed by atoms with Gasteiger partial charge in [0.25, 0.3) is 0 Å². The van der Waals surface area contributed by atoms with Crippen molar-refractivity contribution in [2.75, 3.05) is 32.8 Å². The van der Waals surface area contributed by atoms with Crippen LogP contribution in [0.3, 0.4) is 0 Å². The molecule has 1 N–H and O–H groups in total. The molecule has 3 nitrogen and oxygen atoms in total. The third kappa shape index (κ3) is 7.27. The van der Waals surface area contributed by atoms with Crippen molar-refractivity contribution in [1.29, 1.82) is 0 Å². The first-order chi connectivity index (χ1) is 11.3. The van der Waals surface area contributed by atoms with Gasteiger partial charge in [-0.3, -0.25) is 4.90 Å². The van der Waals surface area contributed by atoms with E-state index in [2.05, 4.69) is 5.32 Å². The van der Waals surface area contributed by atoms with Gasteiger partial charge in [-0.2, -0.15) is 13.2 Å². The summed E-state index contributed by atoms with van der Waals surface area (Å²) in [5.41, 5.74) is 0.451. The Morgan fingerprint density at radius 2 is 1.85 bits per heavy atom. The number of nitrogens with zero attached hydrogens (tertiary/aromatic N) is 1. The van der Waals surface area contributed by atoms with Crippen LogP contribution in [-0.2, 0) is 0 Å². The summed E-state index contributed by atoms with van der Waals surface area (Å²) in [5, 5.41) is 3.24. The summed E-state index contributed by atoms with van der Waals surface area (Å²) in [6.07, 6.45) is -5.30. The van der Waals surface area contributed by atoms with Gasteiger partial charge in [-0.05, 0) is 31.0 Å². The molecule has 0 aromatic heterocycles. The number of hydrogen-bond donors (Lipinski definition) is 1. The number of benzene rings is 1. The van der Waals surface area contributed by atoms with E-state index in [-0.39, 0.29) is 48.6 Å². The van der Waals surface area contributed by atoms with Crippen LogP contribution in [-0.4, -0.2) is 43.9 Å². The van der Waals surface area contributed by atoms with Crippen LogP contribution in [0.15, 0.2) is 12.1 Å². The van der Waals surface area contributed by atoms with Gasteiger partial charge in [0.05, 0.1) is 11.6 Å². The lowest BCUT2D eigenvalue weighted by Crippen LogP contribution is -2.45. The highest BCUT2D eigenvalue weighted by Gasteiger charge is 2.32. The normalized spacial score (nSPS) is 16.4. The van der Waals surface area contributed by atoms with Crippen LogP contribution in [0.1, 0.15) is 31.4 Å². The van der Waals surface area contributed by atoms with E-state index in [0.717, 1.165) is 0 Å². The summed E-state index contributed by atoms with van der Waals surface area (Å²) in [6.45, 7) is 4.55. The topological polar surface area (TPSA) is 24.5 Å². The number of rotatable bonds is 6. The molecule has 0 saturated carbocycles. The van der Waals surface area contributed by atoms with Crippen molar-refractivity contribution in [1.82, 2.24) is 10.2 Å². The average Bonchev–Trinajstić information content (AvgIpc) is 2.51. The molecule has 26 heavy (non-hydrogen) atoms. The van der Waals surface area contributed by atoms with E-state index in [0.29, 0.717) is 31.7 Å². The molecular formula is C16H23Cl3F4N2O. The third-order valence-electron chi connectivity index (χ3n) is 3.99. The van der Waals surface area contributed by atoms with Gasteiger partial charge in [-0.1, -0.05) is 11.6 Å². The van der Waals surface area contributed by atoms with E-state index >= 15 is 0 Å². The highest BCUT2D eigenvalue weighted by atomic mass is 35.5. The Bertz CT molecular complexity index is 532. The van der Waals surface area contributed by atoms with Crippen molar-refractivity contribution in [3.63, 3.8) is 0 Å². The van der Waals surface area contributed by atoms with Crippen molar-refractivity contribution in [2.24, 2.45) is 0 Å². The average molecular weight is 442 g/mol. The maximum atomic E-state index is 14.2. The fourth-order valence-corrected chi connectivity index (χ4v) is 3.18. The van der Waals surface area contributed by atoms with Gasteiger partial charge in [-0.25, -0.2) is 4.39 Å². The Morgan fingerprint density at radius 3 is 2.35 bits per heavy atom. The lowest BCUT2D eigenvalue weighted by Gasteiger charge is -2.35. The molecule has 152 valence electrons. The summed E-state index contributed by atoms with van der Waals surface area (Å²) in [5.74, 6) is -0.704. The predicted octanol–water partition coefficient (Wildman–Crippen LogP) is 5.01. The molecule has 0 aliphatic carbocycles. The van der Waals surface area contributed by atoms with E-state index in [4.69, 9.17) is 16.3 Å². The second kappa shape index (κ2) is 11.4. The largest absolute Gasteiger partial charge is 0.489 e. The van der Waals surface area contributed by atoms with Gasteiger partial charge in [0.2, 0.25) is 0 Å². The second-order valence-corrected chi connectivity index (χ2v) is 6.11. The minimum atomic E-state index is -4.25. The summed E-state index contributed by atoms with van der Waals surface area (Å²) in [6, 6.07) is 2.22. The highest BCUT2D eigenvalue weighted by molar-refractivity contribution is 6.32. The van der Waals surface area contributed by atoms with Crippen molar-refractivity contribution >= 4 is 36.4 Å². The highest BCUT2D eigenvalue weighted by Crippen LogP contribution is 2.36. The number of alkyl halides is 3. The molecule has 1 atom stereocenters. The minimum Gasteiger partial charge on any atom is -0.489 e. The Hall–Kier alpha value is -0.470. The molecule has 2 rings (SSSR count). The smallest absolute Gasteiger partial charge is 0.389 e. The van der Waals surface area contributed by atoms with E-state index < -0.39 is 24.5 Å². The number of halogens is 7. The molecule has 0 amide bonds. The maximum Gasteiger partial charge on any atom is 0.389 e. The van der Waals surface area contributed by atoms with Crippen LogP contribution in [0, 0.1) is 5.82 Å². The zero-order valence-corrected chi connectivity index (χ0v) is 16.6. The lowest BCUT2D eigenvalue weighted by atomic mass is 9.99. The van der Waals surface area contributed by atoms with Crippen molar-refractivity contribution in [2.45, 2.75) is 32.0 Å². The van der Waals surface area contributed by atoms with E-state index in [9.17, 15) is 17.6 Å². The van der Waals surface area contributed by atoms with Gasteiger partial charge in [0.15, 0.2) is 11.6 Å². The molecule has 0 unspecified atom stereocenters. The molecule has 10 heteroatoms. The van der Waals surface area contributed by atoms with Gasteiger partial charge in [0.1, 0.15) is 0 Å². The lowest BCUT2D eigenvalue weighted by molar-refractivity contribution is -0.138. The second-order valence-electron chi connectivity index (χ2n) is 5.70. The fourth-order valence-electron chi connectivity index (χ4n) is 2.91. The molecule has 1 aliphatic rings. The standard InChI is InChI=1S/C16H21ClF4N2O.2ClH/c1-2-24-15-12(17)9-11(10-13(15)18)14(3-4-16(19,20)21)23-7-5-22-6-8-23;;/h9-10,14,22H,2-8H2,1H3;2*1H/t14-;;/m1../s1. The Balaban J connectivity index is 0.00000312. The molecule has 1 aromatic rings. The first kappa shape index (κ1) is 25.5. The Labute approximate surface area is 168 Å². The van der Waals surface area contributed by atoms with Crippen LogP contribution in [0.2, 0.25) is 5.02 Å². The number of nitrogens with one attached hydrogen (secondary N) is 1. The summed E-state index contributed by atoms with van der Waals surface area (Å²) in [4.78, 5) is 1.94. The number of ether oxygens (including phenoxy) is 1. The monoisotopic (exact) mass is 440 g/mol. The van der Waals surface area contributed by atoms with E-state index in [1.165, 1.54) is 12.1 Å². The molecule has 1 saturated heterocycles. The minimum absolute atomic E-state index is 0. The summed E-state index contributed by atoms with van der Waals surface area (Å²) in [7, 11) is 0. The molecule has 1 heterocycles. The van der Waals surface area contributed by atoms with Gasteiger partial charge < -0.3 is 10.1 Å². The molecule has 0 spiro atoms. The Morgan fingerprint density at radius 1 is 1.23 bits per heavy atom. The van der Waals surface area contributed by atoms with Crippen molar-refractivity contribution in [3.8, 4) is 5.75 Å². The quantitative estimate of drug-likeness (QED) is 0.628. The molecule has 1 aliphatic heterocycles. The number of piperazine rings is 1. The number of hydrogen-bond acceptors (Lipinski definition) is 3. The van der Waals surface area contributed by atoms with E-state index in [1.54, 1.807) is 6.92 Å². The first-order valence-corrected chi connectivity index (χ1v) is 8.33. The zero-order chi connectivity index (χ0) is 17.7. The zero-order valence-electron chi connectivity index (χ0n) is 14.2. The van der Waals surface area contributed by atoms with Crippen LogP contribution in [0.5, 0.6) is 5.75 Å². The molecule has 1 fully saturated rings.